The summed E-state index contributed by atoms with van der Waals surface area (Å²) in [7, 11) is 4.64. The average Bonchev–Trinajstić information content (AvgIpc) is 3.02. The van der Waals surface area contributed by atoms with E-state index in [1.807, 2.05) is 13.8 Å². The van der Waals surface area contributed by atoms with E-state index in [1.54, 1.807) is 33.5 Å². The molecule has 0 aliphatic carbocycles. The third-order valence-corrected chi connectivity index (χ3v) is 3.39. The summed E-state index contributed by atoms with van der Waals surface area (Å²) >= 11 is 0. The lowest BCUT2D eigenvalue weighted by Crippen LogP contribution is -2.38. The molecule has 1 unspecified atom stereocenters. The van der Waals surface area contributed by atoms with Crippen LogP contribution in [-0.2, 0) is 9.63 Å². The molecule has 1 amide bonds. The molecule has 0 saturated heterocycles. The van der Waals surface area contributed by atoms with Gasteiger partial charge in [-0.15, -0.1) is 0 Å². The number of nitrogens with zero attached hydrogens (tertiary/aromatic N) is 1. The van der Waals surface area contributed by atoms with Crippen LogP contribution >= 0.6 is 0 Å². The van der Waals surface area contributed by atoms with Gasteiger partial charge in [-0.2, -0.15) is 0 Å². The number of carbonyl (C=O) groups is 1. The van der Waals surface area contributed by atoms with E-state index < -0.39 is 6.10 Å². The Morgan fingerprint density at radius 2 is 1.83 bits per heavy atom. The molecule has 0 bridgehead atoms. The van der Waals surface area contributed by atoms with Crippen molar-refractivity contribution in [2.45, 2.75) is 32.4 Å². The monoisotopic (exact) mass is 322 g/mol. The predicted octanol–water partition coefficient (Wildman–Crippen LogP) is 1.73. The number of ether oxygens (including phenoxy) is 3. The van der Waals surface area contributed by atoms with Crippen LogP contribution < -0.4 is 19.5 Å². The van der Waals surface area contributed by atoms with E-state index >= 15 is 0 Å². The highest BCUT2D eigenvalue weighted by molar-refractivity contribution is 6.04. The van der Waals surface area contributed by atoms with Crippen LogP contribution in [0.1, 0.15) is 25.8 Å². The first-order valence-corrected chi connectivity index (χ1v) is 7.33. The number of hydrogen-bond acceptors (Lipinski definition) is 6. The van der Waals surface area contributed by atoms with Crippen molar-refractivity contribution in [1.82, 2.24) is 5.32 Å². The Morgan fingerprint density at radius 1 is 1.22 bits per heavy atom. The fourth-order valence-corrected chi connectivity index (χ4v) is 2.31. The lowest BCUT2D eigenvalue weighted by Gasteiger charge is -2.14. The van der Waals surface area contributed by atoms with Gasteiger partial charge in [0.25, 0.3) is 5.91 Å². The maximum absolute atomic E-state index is 12.0. The summed E-state index contributed by atoms with van der Waals surface area (Å²) in [4.78, 5) is 17.2. The summed E-state index contributed by atoms with van der Waals surface area (Å²) in [5.74, 6) is 1.39. The van der Waals surface area contributed by atoms with Crippen LogP contribution in [0.5, 0.6) is 17.2 Å². The van der Waals surface area contributed by atoms with Gasteiger partial charge in [-0.3, -0.25) is 4.79 Å². The lowest BCUT2D eigenvalue weighted by atomic mass is 10.0. The first kappa shape index (κ1) is 16.9. The van der Waals surface area contributed by atoms with Crippen molar-refractivity contribution in [3.63, 3.8) is 0 Å². The smallest absolute Gasteiger partial charge is 0.264 e. The van der Waals surface area contributed by atoms with Gasteiger partial charge in [0.1, 0.15) is 0 Å². The minimum Gasteiger partial charge on any atom is -0.493 e. The van der Waals surface area contributed by atoms with E-state index in [0.29, 0.717) is 29.4 Å². The van der Waals surface area contributed by atoms with Crippen molar-refractivity contribution in [1.29, 1.82) is 0 Å². The molecule has 0 fully saturated rings. The van der Waals surface area contributed by atoms with Gasteiger partial charge in [0.05, 0.1) is 27.0 Å². The summed E-state index contributed by atoms with van der Waals surface area (Å²) in [6.07, 6.45) is -0.233. The standard InChI is InChI=1S/C16H22N2O5/c1-9(2)17-16(19)14-8-11(18-23-14)10-6-12(20-3)15(22-5)13(7-10)21-4/h6-7,9,14H,8H2,1-5H3,(H,17,19). The van der Waals surface area contributed by atoms with Crippen LogP contribution in [0.4, 0.5) is 0 Å². The highest BCUT2D eigenvalue weighted by atomic mass is 16.6. The Labute approximate surface area is 135 Å². The number of hydrogen-bond donors (Lipinski definition) is 1. The van der Waals surface area contributed by atoms with Crippen LogP contribution in [-0.4, -0.2) is 45.1 Å². The maximum Gasteiger partial charge on any atom is 0.264 e. The van der Waals surface area contributed by atoms with Crippen molar-refractivity contribution >= 4 is 11.6 Å². The molecule has 1 aromatic rings. The molecule has 0 saturated carbocycles. The molecule has 0 aromatic heterocycles. The fraction of sp³-hybridized carbons (Fsp3) is 0.500. The van der Waals surface area contributed by atoms with Crippen LogP contribution in [0.15, 0.2) is 17.3 Å². The van der Waals surface area contributed by atoms with E-state index in [-0.39, 0.29) is 11.9 Å². The summed E-state index contributed by atoms with van der Waals surface area (Å²) < 4.78 is 15.9. The first-order chi connectivity index (χ1) is 11.0. The zero-order valence-corrected chi connectivity index (χ0v) is 14.0. The molecule has 1 aromatic carbocycles. The van der Waals surface area contributed by atoms with E-state index in [2.05, 4.69) is 10.5 Å². The Hall–Kier alpha value is -2.44. The van der Waals surface area contributed by atoms with Gasteiger partial charge in [0.2, 0.25) is 11.9 Å². The van der Waals surface area contributed by atoms with Crippen LogP contribution in [0.2, 0.25) is 0 Å². The SMILES string of the molecule is COc1cc(C2=NOC(C(=O)NC(C)C)C2)cc(OC)c1OC. The minimum absolute atomic E-state index is 0.0522. The first-order valence-electron chi connectivity index (χ1n) is 7.33. The second-order valence-corrected chi connectivity index (χ2v) is 5.41. The molecule has 7 nitrogen and oxygen atoms in total. The van der Waals surface area contributed by atoms with Gasteiger partial charge >= 0.3 is 0 Å². The summed E-state index contributed by atoms with van der Waals surface area (Å²) in [5, 5.41) is 6.84. The second kappa shape index (κ2) is 7.21. The molecular weight excluding hydrogens is 300 g/mol. The maximum atomic E-state index is 12.0. The van der Waals surface area contributed by atoms with Crippen molar-refractivity contribution < 1.29 is 23.8 Å². The van der Waals surface area contributed by atoms with E-state index in [4.69, 9.17) is 19.0 Å². The molecule has 0 spiro atoms. The number of benzene rings is 1. The fourth-order valence-electron chi connectivity index (χ4n) is 2.31. The van der Waals surface area contributed by atoms with Crippen LogP contribution in [0.3, 0.4) is 0 Å². The molecule has 2 rings (SSSR count). The zero-order valence-electron chi connectivity index (χ0n) is 14.0. The number of amides is 1. The molecule has 126 valence electrons. The molecular formula is C16H22N2O5. The highest BCUT2D eigenvalue weighted by Crippen LogP contribution is 2.39. The quantitative estimate of drug-likeness (QED) is 0.863. The zero-order chi connectivity index (χ0) is 17.0. The summed E-state index contributed by atoms with van der Waals surface area (Å²) in [6, 6.07) is 3.62. The van der Waals surface area contributed by atoms with Crippen molar-refractivity contribution in [3.8, 4) is 17.2 Å². The largest absolute Gasteiger partial charge is 0.493 e. The van der Waals surface area contributed by atoms with E-state index in [1.165, 1.54) is 0 Å². The van der Waals surface area contributed by atoms with Gasteiger partial charge in [-0.05, 0) is 26.0 Å². The van der Waals surface area contributed by atoms with Crippen molar-refractivity contribution in [2.75, 3.05) is 21.3 Å². The van der Waals surface area contributed by atoms with Gasteiger partial charge < -0.3 is 24.4 Å². The average molecular weight is 322 g/mol. The third-order valence-electron chi connectivity index (χ3n) is 3.39. The highest BCUT2D eigenvalue weighted by Gasteiger charge is 2.30. The van der Waals surface area contributed by atoms with Crippen molar-refractivity contribution in [3.05, 3.63) is 17.7 Å². The summed E-state index contributed by atoms with van der Waals surface area (Å²) in [5.41, 5.74) is 1.42. The predicted molar refractivity (Wildman–Crippen MR) is 85.4 cm³/mol. The lowest BCUT2D eigenvalue weighted by molar-refractivity contribution is -0.131. The number of carbonyl (C=O) groups excluding carboxylic acids is 1. The topological polar surface area (TPSA) is 78.4 Å². The van der Waals surface area contributed by atoms with Gasteiger partial charge in [-0.25, -0.2) is 0 Å². The third kappa shape index (κ3) is 3.67. The molecule has 1 heterocycles. The Balaban J connectivity index is 2.22. The summed E-state index contributed by atoms with van der Waals surface area (Å²) in [6.45, 7) is 3.79. The minimum atomic E-state index is -0.619. The molecule has 1 atom stereocenters. The molecule has 0 radical (unpaired) electrons. The van der Waals surface area contributed by atoms with Crippen LogP contribution in [0.25, 0.3) is 0 Å². The normalized spacial score (nSPS) is 16.6. The van der Waals surface area contributed by atoms with Crippen molar-refractivity contribution in [2.24, 2.45) is 5.16 Å². The Kier molecular flexibility index (Phi) is 5.31. The number of rotatable bonds is 6. The molecule has 23 heavy (non-hydrogen) atoms. The van der Waals surface area contributed by atoms with Gasteiger partial charge in [-0.1, -0.05) is 5.16 Å². The number of methoxy groups -OCH3 is 3. The number of oxime groups is 1. The molecule has 1 aliphatic rings. The Morgan fingerprint density at radius 3 is 2.30 bits per heavy atom. The van der Waals surface area contributed by atoms with Gasteiger partial charge in [0, 0.05) is 18.0 Å². The van der Waals surface area contributed by atoms with E-state index in [0.717, 1.165) is 5.56 Å². The molecule has 1 N–H and O–H groups in total. The Bertz CT molecular complexity index is 587. The number of nitrogens with one attached hydrogen (secondary N) is 1. The van der Waals surface area contributed by atoms with Gasteiger partial charge in [0.15, 0.2) is 11.5 Å². The molecule has 7 heteroatoms. The van der Waals surface area contributed by atoms with E-state index in [9.17, 15) is 4.79 Å². The van der Waals surface area contributed by atoms with Crippen LogP contribution in [0, 0.1) is 0 Å². The second-order valence-electron chi connectivity index (χ2n) is 5.41. The molecule has 1 aliphatic heterocycles.